The number of carbonyl (C=O) groups is 2. The van der Waals surface area contributed by atoms with Crippen LogP contribution in [0.4, 0.5) is 13.2 Å². The minimum Gasteiger partial charge on any atom is -0.467 e. The lowest BCUT2D eigenvalue weighted by Crippen LogP contribution is -2.34. The highest BCUT2D eigenvalue weighted by atomic mass is 19.4. The van der Waals surface area contributed by atoms with E-state index in [1.807, 2.05) is 4.98 Å². The van der Waals surface area contributed by atoms with Crippen LogP contribution in [0.1, 0.15) is 27.7 Å². The van der Waals surface area contributed by atoms with E-state index in [1.54, 1.807) is 6.07 Å². The van der Waals surface area contributed by atoms with Gasteiger partial charge in [-0.25, -0.2) is 4.79 Å². The fourth-order valence-electron chi connectivity index (χ4n) is 1.85. The number of halogens is 3. The Morgan fingerprint density at radius 3 is 2.65 bits per heavy atom. The van der Waals surface area contributed by atoms with Gasteiger partial charge in [0.15, 0.2) is 6.04 Å². The molecule has 2 N–H and O–H groups in total. The van der Waals surface area contributed by atoms with E-state index >= 15 is 0 Å². The van der Waals surface area contributed by atoms with Crippen LogP contribution in [0.2, 0.25) is 0 Å². The number of nitrogens with one attached hydrogen (secondary N) is 2. The number of hydrogen-bond donors (Lipinski definition) is 2. The van der Waals surface area contributed by atoms with Crippen LogP contribution >= 0.6 is 0 Å². The third kappa shape index (κ3) is 3.87. The van der Waals surface area contributed by atoms with Crippen molar-refractivity contribution in [1.29, 1.82) is 0 Å². The topological polar surface area (TPSA) is 84.1 Å². The Bertz CT molecular complexity index is 698. The highest BCUT2D eigenvalue weighted by Gasteiger charge is 2.33. The van der Waals surface area contributed by atoms with Crippen LogP contribution in [0.5, 0.6) is 0 Å². The van der Waals surface area contributed by atoms with Crippen molar-refractivity contribution in [1.82, 2.24) is 15.3 Å². The molecule has 0 aliphatic rings. The van der Waals surface area contributed by atoms with Gasteiger partial charge in [0, 0.05) is 24.2 Å². The van der Waals surface area contributed by atoms with Crippen molar-refractivity contribution in [3.05, 3.63) is 53.6 Å². The van der Waals surface area contributed by atoms with Gasteiger partial charge in [0.05, 0.1) is 12.7 Å². The Balaban J connectivity index is 2.21. The molecule has 0 saturated carbocycles. The van der Waals surface area contributed by atoms with Crippen LogP contribution in [0.25, 0.3) is 0 Å². The molecule has 1 amide bonds. The summed E-state index contributed by atoms with van der Waals surface area (Å²) in [5.41, 5.74) is -0.965. The van der Waals surface area contributed by atoms with Gasteiger partial charge in [0.25, 0.3) is 5.91 Å². The van der Waals surface area contributed by atoms with E-state index in [2.05, 4.69) is 15.0 Å². The molecule has 0 radical (unpaired) electrons. The molecule has 0 aromatic carbocycles. The molecule has 0 aliphatic carbocycles. The van der Waals surface area contributed by atoms with Crippen molar-refractivity contribution in [2.24, 2.45) is 0 Å². The standard InChI is InChI=1S/C14H12F3N3O3/c1-23-13(22)11(8-3-2-4-18-6-8)20-12(21)9-5-10(19-7-9)14(15,16)17/h2-7,11,19H,1H3,(H,20,21). The first-order valence-corrected chi connectivity index (χ1v) is 6.37. The summed E-state index contributed by atoms with van der Waals surface area (Å²) in [6.45, 7) is 0. The van der Waals surface area contributed by atoms with Crippen LogP contribution in [-0.2, 0) is 15.7 Å². The Kier molecular flexibility index (Phi) is 4.68. The number of pyridine rings is 1. The van der Waals surface area contributed by atoms with Gasteiger partial charge < -0.3 is 15.0 Å². The summed E-state index contributed by atoms with van der Waals surface area (Å²) in [7, 11) is 1.13. The van der Waals surface area contributed by atoms with Crippen molar-refractivity contribution in [2.75, 3.05) is 7.11 Å². The third-order valence-corrected chi connectivity index (χ3v) is 2.98. The van der Waals surface area contributed by atoms with E-state index in [-0.39, 0.29) is 5.56 Å². The Morgan fingerprint density at radius 1 is 1.39 bits per heavy atom. The lowest BCUT2D eigenvalue weighted by molar-refractivity contribution is -0.143. The van der Waals surface area contributed by atoms with Gasteiger partial charge in [-0.3, -0.25) is 9.78 Å². The maximum Gasteiger partial charge on any atom is 0.431 e. The van der Waals surface area contributed by atoms with Crippen LogP contribution in [0.3, 0.4) is 0 Å². The molecule has 0 spiro atoms. The number of methoxy groups -OCH3 is 1. The zero-order valence-corrected chi connectivity index (χ0v) is 11.8. The number of carbonyl (C=O) groups excluding carboxylic acids is 2. The van der Waals surface area contributed by atoms with Crippen molar-refractivity contribution < 1.29 is 27.5 Å². The van der Waals surface area contributed by atoms with Crippen LogP contribution < -0.4 is 5.32 Å². The molecule has 1 unspecified atom stereocenters. The zero-order valence-electron chi connectivity index (χ0n) is 11.8. The minimum absolute atomic E-state index is 0.255. The first kappa shape index (κ1) is 16.5. The molecule has 2 aromatic rings. The molecule has 2 heterocycles. The van der Waals surface area contributed by atoms with Crippen molar-refractivity contribution in [2.45, 2.75) is 12.2 Å². The first-order chi connectivity index (χ1) is 10.8. The summed E-state index contributed by atoms with van der Waals surface area (Å²) in [6.07, 6.45) is -0.860. The smallest absolute Gasteiger partial charge is 0.431 e. The van der Waals surface area contributed by atoms with Gasteiger partial charge in [-0.05, 0) is 12.1 Å². The second-order valence-electron chi connectivity index (χ2n) is 4.52. The van der Waals surface area contributed by atoms with E-state index < -0.39 is 29.8 Å². The average molecular weight is 327 g/mol. The summed E-state index contributed by atoms with van der Waals surface area (Å²) in [5.74, 6) is -1.62. The molecule has 0 bridgehead atoms. The number of H-pyrrole nitrogens is 1. The monoisotopic (exact) mass is 327 g/mol. The summed E-state index contributed by atoms with van der Waals surface area (Å²) >= 11 is 0. The van der Waals surface area contributed by atoms with Crippen LogP contribution in [-0.4, -0.2) is 29.0 Å². The molecule has 23 heavy (non-hydrogen) atoms. The minimum atomic E-state index is -4.59. The SMILES string of the molecule is COC(=O)C(NC(=O)c1c[nH]c(C(F)(F)F)c1)c1cccnc1. The molecular formula is C14H12F3N3O3. The molecule has 1 atom stereocenters. The molecule has 122 valence electrons. The largest absolute Gasteiger partial charge is 0.467 e. The number of alkyl halides is 3. The molecule has 2 aromatic heterocycles. The van der Waals surface area contributed by atoms with Gasteiger partial charge in [-0.2, -0.15) is 13.2 Å². The van der Waals surface area contributed by atoms with Crippen molar-refractivity contribution >= 4 is 11.9 Å². The lowest BCUT2D eigenvalue weighted by atomic mass is 10.1. The Hall–Kier alpha value is -2.84. The zero-order chi connectivity index (χ0) is 17.0. The van der Waals surface area contributed by atoms with E-state index in [4.69, 9.17) is 0 Å². The summed E-state index contributed by atoms with van der Waals surface area (Å²) < 4.78 is 42.2. The number of aromatic nitrogens is 2. The number of hydrogen-bond acceptors (Lipinski definition) is 4. The van der Waals surface area contributed by atoms with E-state index in [0.29, 0.717) is 11.6 Å². The van der Waals surface area contributed by atoms with Gasteiger partial charge in [0.1, 0.15) is 5.69 Å². The molecule has 0 fully saturated rings. The van der Waals surface area contributed by atoms with E-state index in [0.717, 1.165) is 13.3 Å². The van der Waals surface area contributed by atoms with E-state index in [1.165, 1.54) is 18.5 Å². The number of rotatable bonds is 4. The molecule has 0 aliphatic heterocycles. The highest BCUT2D eigenvalue weighted by Crippen LogP contribution is 2.28. The van der Waals surface area contributed by atoms with Crippen molar-refractivity contribution in [3.8, 4) is 0 Å². The predicted octanol–water partition coefficient (Wildman–Crippen LogP) is 2.07. The Morgan fingerprint density at radius 2 is 2.13 bits per heavy atom. The molecule has 2 rings (SSSR count). The molecule has 0 saturated heterocycles. The van der Waals surface area contributed by atoms with Crippen LogP contribution in [0, 0.1) is 0 Å². The third-order valence-electron chi connectivity index (χ3n) is 2.98. The maximum absolute atomic E-state index is 12.5. The first-order valence-electron chi connectivity index (χ1n) is 6.37. The fourth-order valence-corrected chi connectivity index (χ4v) is 1.85. The second kappa shape index (κ2) is 6.51. The summed E-state index contributed by atoms with van der Waals surface area (Å²) in [5, 5.41) is 2.32. The van der Waals surface area contributed by atoms with Crippen molar-refractivity contribution in [3.63, 3.8) is 0 Å². The average Bonchev–Trinajstić information content (AvgIpc) is 3.03. The fraction of sp³-hybridized carbons (Fsp3) is 0.214. The summed E-state index contributed by atoms with van der Waals surface area (Å²) in [4.78, 5) is 29.6. The normalized spacial score (nSPS) is 12.5. The lowest BCUT2D eigenvalue weighted by Gasteiger charge is -2.16. The molecular weight excluding hydrogens is 315 g/mol. The number of aromatic amines is 1. The quantitative estimate of drug-likeness (QED) is 0.842. The van der Waals surface area contributed by atoms with Crippen LogP contribution in [0.15, 0.2) is 36.8 Å². The number of nitrogens with zero attached hydrogens (tertiary/aromatic N) is 1. The van der Waals surface area contributed by atoms with Gasteiger partial charge in [-0.15, -0.1) is 0 Å². The van der Waals surface area contributed by atoms with Gasteiger partial charge in [0.2, 0.25) is 0 Å². The van der Waals surface area contributed by atoms with Gasteiger partial charge in [-0.1, -0.05) is 6.07 Å². The Labute approximate surface area is 128 Å². The van der Waals surface area contributed by atoms with E-state index in [9.17, 15) is 22.8 Å². The second-order valence-corrected chi connectivity index (χ2v) is 4.52. The number of amides is 1. The molecule has 9 heteroatoms. The number of ether oxygens (including phenoxy) is 1. The number of esters is 1. The highest BCUT2D eigenvalue weighted by molar-refractivity contribution is 5.97. The predicted molar refractivity (Wildman–Crippen MR) is 72.3 cm³/mol. The van der Waals surface area contributed by atoms with Gasteiger partial charge >= 0.3 is 12.1 Å². The molecule has 6 nitrogen and oxygen atoms in total. The summed E-state index contributed by atoms with van der Waals surface area (Å²) in [6, 6.07) is 2.57. The maximum atomic E-state index is 12.5.